The maximum atomic E-state index is 11.9. The third-order valence-corrected chi connectivity index (χ3v) is 4.18. The molecule has 5 nitrogen and oxygen atoms in total. The van der Waals surface area contributed by atoms with Crippen molar-refractivity contribution in [2.24, 2.45) is 0 Å². The highest BCUT2D eigenvalue weighted by Gasteiger charge is 2.30. The third-order valence-electron chi connectivity index (χ3n) is 4.18. The van der Waals surface area contributed by atoms with Gasteiger partial charge in [0.05, 0.1) is 13.1 Å². The van der Waals surface area contributed by atoms with E-state index in [4.69, 9.17) is 0 Å². The van der Waals surface area contributed by atoms with Crippen LogP contribution in [0.15, 0.2) is 24.3 Å². The molecule has 106 valence electrons. The van der Waals surface area contributed by atoms with Gasteiger partial charge < -0.3 is 10.2 Å². The van der Waals surface area contributed by atoms with E-state index in [-0.39, 0.29) is 24.9 Å². The Labute approximate surface area is 118 Å². The van der Waals surface area contributed by atoms with Gasteiger partial charge in [0.2, 0.25) is 11.8 Å². The highest BCUT2D eigenvalue weighted by atomic mass is 16.2. The van der Waals surface area contributed by atoms with Crippen molar-refractivity contribution in [3.05, 3.63) is 29.8 Å². The SMILES string of the molecule is CN1C(=O)CN(c2ccccc2C2CCNC2)CC1=O. The van der Waals surface area contributed by atoms with E-state index in [1.165, 1.54) is 10.5 Å². The Hall–Kier alpha value is -1.88. The fraction of sp³-hybridized carbons (Fsp3) is 0.467. The fourth-order valence-electron chi connectivity index (χ4n) is 2.94. The molecular formula is C15H19N3O2. The van der Waals surface area contributed by atoms with Crippen molar-refractivity contribution < 1.29 is 9.59 Å². The Balaban J connectivity index is 1.90. The number of likely N-dealkylation sites (N-methyl/N-ethyl adjacent to an activating group) is 1. The lowest BCUT2D eigenvalue weighted by molar-refractivity contribution is -0.143. The number of carbonyl (C=O) groups excluding carboxylic acids is 2. The molecule has 2 aliphatic heterocycles. The summed E-state index contributed by atoms with van der Waals surface area (Å²) in [5, 5.41) is 3.36. The molecule has 1 N–H and O–H groups in total. The summed E-state index contributed by atoms with van der Waals surface area (Å²) in [5.41, 5.74) is 2.26. The molecule has 2 fully saturated rings. The van der Waals surface area contributed by atoms with Crippen LogP contribution in [0.5, 0.6) is 0 Å². The van der Waals surface area contributed by atoms with Crippen molar-refractivity contribution >= 4 is 17.5 Å². The standard InChI is InChI=1S/C15H19N3O2/c1-17-14(19)9-18(10-15(17)20)13-5-3-2-4-12(13)11-6-7-16-8-11/h2-5,11,16H,6-10H2,1H3. The van der Waals surface area contributed by atoms with E-state index in [1.54, 1.807) is 7.05 Å². The number of nitrogens with one attached hydrogen (secondary N) is 1. The summed E-state index contributed by atoms with van der Waals surface area (Å²) in [5.74, 6) is 0.192. The number of hydrogen-bond donors (Lipinski definition) is 1. The van der Waals surface area contributed by atoms with E-state index in [1.807, 2.05) is 23.1 Å². The molecule has 1 aromatic carbocycles. The van der Waals surface area contributed by atoms with Gasteiger partial charge in [0.15, 0.2) is 0 Å². The van der Waals surface area contributed by atoms with E-state index in [9.17, 15) is 9.59 Å². The number of nitrogens with zero attached hydrogens (tertiary/aromatic N) is 2. The number of carbonyl (C=O) groups is 2. The minimum atomic E-state index is -0.138. The van der Waals surface area contributed by atoms with Crippen LogP contribution in [0.3, 0.4) is 0 Å². The first-order valence-electron chi connectivity index (χ1n) is 7.01. The average Bonchev–Trinajstić information content (AvgIpc) is 2.98. The number of amides is 2. The zero-order valence-electron chi connectivity index (χ0n) is 11.6. The van der Waals surface area contributed by atoms with E-state index >= 15 is 0 Å². The largest absolute Gasteiger partial charge is 0.353 e. The van der Waals surface area contributed by atoms with Gasteiger partial charge in [-0.25, -0.2) is 0 Å². The van der Waals surface area contributed by atoms with Crippen LogP contribution in [0.2, 0.25) is 0 Å². The molecule has 3 rings (SSSR count). The highest BCUT2D eigenvalue weighted by molar-refractivity contribution is 6.02. The predicted octanol–water partition coefficient (Wildman–Crippen LogP) is 0.569. The summed E-state index contributed by atoms with van der Waals surface area (Å²) in [7, 11) is 1.55. The topological polar surface area (TPSA) is 52.7 Å². The zero-order valence-corrected chi connectivity index (χ0v) is 11.6. The van der Waals surface area contributed by atoms with Gasteiger partial charge in [0.25, 0.3) is 0 Å². The van der Waals surface area contributed by atoms with Crippen LogP contribution in [-0.2, 0) is 9.59 Å². The maximum Gasteiger partial charge on any atom is 0.248 e. The number of hydrogen-bond acceptors (Lipinski definition) is 4. The summed E-state index contributed by atoms with van der Waals surface area (Å²) in [4.78, 5) is 26.9. The van der Waals surface area contributed by atoms with Crippen LogP contribution < -0.4 is 10.2 Å². The lowest BCUT2D eigenvalue weighted by atomic mass is 9.95. The molecule has 0 aliphatic carbocycles. The molecule has 2 heterocycles. The Bertz CT molecular complexity index is 520. The van der Waals surface area contributed by atoms with Crippen LogP contribution in [0, 0.1) is 0 Å². The zero-order chi connectivity index (χ0) is 14.1. The molecule has 1 aromatic rings. The maximum absolute atomic E-state index is 11.9. The van der Waals surface area contributed by atoms with Crippen molar-refractivity contribution in [1.82, 2.24) is 10.2 Å². The minimum absolute atomic E-state index is 0.138. The van der Waals surface area contributed by atoms with Crippen molar-refractivity contribution in [3.8, 4) is 0 Å². The number of benzene rings is 1. The van der Waals surface area contributed by atoms with Crippen molar-refractivity contribution in [2.75, 3.05) is 38.1 Å². The molecule has 2 aliphatic rings. The monoisotopic (exact) mass is 273 g/mol. The van der Waals surface area contributed by atoms with Gasteiger partial charge in [-0.2, -0.15) is 0 Å². The first-order chi connectivity index (χ1) is 9.66. The fourth-order valence-corrected chi connectivity index (χ4v) is 2.94. The Morgan fingerprint density at radius 2 is 1.85 bits per heavy atom. The van der Waals surface area contributed by atoms with Crippen LogP contribution in [0.25, 0.3) is 0 Å². The lowest BCUT2D eigenvalue weighted by Crippen LogP contribution is -2.52. The van der Waals surface area contributed by atoms with E-state index in [0.29, 0.717) is 5.92 Å². The third kappa shape index (κ3) is 2.29. The number of rotatable bonds is 2. The van der Waals surface area contributed by atoms with Crippen molar-refractivity contribution in [3.63, 3.8) is 0 Å². The van der Waals surface area contributed by atoms with E-state index in [2.05, 4.69) is 11.4 Å². The summed E-state index contributed by atoms with van der Waals surface area (Å²) in [6.45, 7) is 2.55. The molecule has 1 unspecified atom stereocenters. The van der Waals surface area contributed by atoms with Gasteiger partial charge in [-0.3, -0.25) is 14.5 Å². The second-order valence-electron chi connectivity index (χ2n) is 5.45. The molecule has 2 amide bonds. The first-order valence-corrected chi connectivity index (χ1v) is 7.01. The molecule has 0 bridgehead atoms. The van der Waals surface area contributed by atoms with Gasteiger partial charge in [0, 0.05) is 19.3 Å². The van der Waals surface area contributed by atoms with Crippen LogP contribution in [-0.4, -0.2) is 49.9 Å². The van der Waals surface area contributed by atoms with Gasteiger partial charge in [0.1, 0.15) is 0 Å². The number of para-hydroxylation sites is 1. The van der Waals surface area contributed by atoms with Gasteiger partial charge in [-0.1, -0.05) is 18.2 Å². The van der Waals surface area contributed by atoms with E-state index in [0.717, 1.165) is 25.2 Å². The highest BCUT2D eigenvalue weighted by Crippen LogP contribution is 2.32. The van der Waals surface area contributed by atoms with Crippen LogP contribution >= 0.6 is 0 Å². The molecule has 2 saturated heterocycles. The molecule has 20 heavy (non-hydrogen) atoms. The summed E-state index contributed by atoms with van der Waals surface area (Å²) in [6.07, 6.45) is 1.10. The van der Waals surface area contributed by atoms with Gasteiger partial charge in [-0.15, -0.1) is 0 Å². The molecule has 0 saturated carbocycles. The molecule has 0 radical (unpaired) electrons. The summed E-state index contributed by atoms with van der Waals surface area (Å²) in [6, 6.07) is 8.12. The second kappa shape index (κ2) is 5.25. The Morgan fingerprint density at radius 1 is 1.15 bits per heavy atom. The van der Waals surface area contributed by atoms with Gasteiger partial charge in [-0.05, 0) is 30.5 Å². The minimum Gasteiger partial charge on any atom is -0.353 e. The number of imide groups is 1. The van der Waals surface area contributed by atoms with Gasteiger partial charge >= 0.3 is 0 Å². The second-order valence-corrected chi connectivity index (χ2v) is 5.45. The van der Waals surface area contributed by atoms with Crippen LogP contribution in [0.4, 0.5) is 5.69 Å². The molecule has 0 spiro atoms. The van der Waals surface area contributed by atoms with E-state index < -0.39 is 0 Å². The molecule has 5 heteroatoms. The first kappa shape index (κ1) is 13.1. The normalized spacial score (nSPS) is 23.6. The van der Waals surface area contributed by atoms with Crippen LogP contribution in [0.1, 0.15) is 17.9 Å². The van der Waals surface area contributed by atoms with Crippen molar-refractivity contribution in [1.29, 1.82) is 0 Å². The molecule has 0 aromatic heterocycles. The Morgan fingerprint density at radius 3 is 2.50 bits per heavy atom. The predicted molar refractivity (Wildman–Crippen MR) is 76.7 cm³/mol. The number of anilines is 1. The smallest absolute Gasteiger partial charge is 0.248 e. The average molecular weight is 273 g/mol. The summed E-state index contributed by atoms with van der Waals surface area (Å²) >= 11 is 0. The molecular weight excluding hydrogens is 254 g/mol. The Kier molecular flexibility index (Phi) is 3.44. The quantitative estimate of drug-likeness (QED) is 0.800. The lowest BCUT2D eigenvalue weighted by Gasteiger charge is -2.34. The molecule has 1 atom stereocenters. The summed E-state index contributed by atoms with van der Waals surface area (Å²) < 4.78 is 0. The van der Waals surface area contributed by atoms with Crippen molar-refractivity contribution in [2.45, 2.75) is 12.3 Å². The number of piperazine rings is 1.